The molecule has 3 fully saturated rings. The van der Waals surface area contributed by atoms with Crippen molar-refractivity contribution in [2.75, 3.05) is 54.7 Å². The van der Waals surface area contributed by atoms with Crippen LogP contribution in [0.3, 0.4) is 0 Å². The molecule has 0 aliphatic carbocycles. The first kappa shape index (κ1) is 65.2. The molecule has 18 heteroatoms. The zero-order valence-electron chi connectivity index (χ0n) is 49.9. The Kier molecular flexibility index (Phi) is 24.4. The van der Waals surface area contributed by atoms with Crippen molar-refractivity contribution in [2.24, 2.45) is 23.7 Å². The number of hydrogen-bond donors (Lipinski definition) is 1. The maximum Gasteiger partial charge on any atom is 0.308 e. The highest BCUT2D eigenvalue weighted by Crippen LogP contribution is 2.42. The second-order valence-corrected chi connectivity index (χ2v) is 27.5. The Hall–Kier alpha value is -3.99. The SMILES string of the molecule is C=CCO[C@@H]1CC(=O)O[C@H](CC)[C@@H](CO[C@@H]2O[C@H](C)[C@@H](O[Si](c3ccccc3)(c3ccccc3)C(C)(C)C)[C@@H](OC)[C@H]2OC)/C=C(C)/C=C/C(=O)[C@H](C)C[C@H](CC2OCCO2)[C@H](O[C@@H]2O[C@H](C)[C@@H](O)[C@H](N(C)C)[C@H]2OC(C)=O)[C@H]1C. The number of nitrogens with zero attached hydrogens (tertiary/aromatic N) is 1. The van der Waals surface area contributed by atoms with Crippen LogP contribution in [0.1, 0.15) is 94.9 Å². The Balaban J connectivity index is 1.33. The van der Waals surface area contributed by atoms with Gasteiger partial charge in [-0.1, -0.05) is 126 Å². The summed E-state index contributed by atoms with van der Waals surface area (Å²) in [5, 5.41) is 13.3. The van der Waals surface area contributed by atoms with Gasteiger partial charge in [0.1, 0.15) is 24.4 Å². The van der Waals surface area contributed by atoms with Crippen molar-refractivity contribution >= 4 is 36.4 Å². The van der Waals surface area contributed by atoms with Crippen molar-refractivity contribution in [1.82, 2.24) is 4.90 Å². The van der Waals surface area contributed by atoms with Gasteiger partial charge in [-0.25, -0.2) is 0 Å². The van der Waals surface area contributed by atoms with E-state index in [1.807, 2.05) is 52.8 Å². The second kappa shape index (κ2) is 30.0. The maximum atomic E-state index is 14.7. The quantitative estimate of drug-likeness (QED) is 0.0852. The molecule has 0 amide bonds. The minimum atomic E-state index is -3.09. The molecule has 17 atom stereocenters. The number of esters is 2. The average molecular weight is 1140 g/mol. The molecule has 4 aliphatic heterocycles. The summed E-state index contributed by atoms with van der Waals surface area (Å²) in [5.41, 5.74) is 0.750. The van der Waals surface area contributed by atoms with E-state index in [0.717, 1.165) is 15.9 Å². The number of benzene rings is 2. The largest absolute Gasteiger partial charge is 0.462 e. The molecule has 4 heterocycles. The monoisotopic (exact) mass is 1140 g/mol. The molecule has 0 spiro atoms. The first-order chi connectivity index (χ1) is 38.1. The van der Waals surface area contributed by atoms with Gasteiger partial charge in [0.05, 0.1) is 69.4 Å². The zero-order chi connectivity index (χ0) is 58.5. The number of cyclic esters (lactones) is 1. The fourth-order valence-electron chi connectivity index (χ4n) is 12.1. The Morgan fingerprint density at radius 2 is 1.45 bits per heavy atom. The number of carbonyl (C=O) groups excluding carboxylic acids is 3. The van der Waals surface area contributed by atoms with Crippen molar-refractivity contribution in [3.8, 4) is 0 Å². The summed E-state index contributed by atoms with van der Waals surface area (Å²) in [6.45, 7) is 24.2. The van der Waals surface area contributed by atoms with Crippen LogP contribution in [-0.4, -0.2) is 177 Å². The molecule has 1 N–H and O–H groups in total. The number of hydrogen-bond acceptors (Lipinski definition) is 17. The van der Waals surface area contributed by atoms with Crippen molar-refractivity contribution in [3.05, 3.63) is 97.1 Å². The minimum absolute atomic E-state index is 0.0386. The summed E-state index contributed by atoms with van der Waals surface area (Å²) in [4.78, 5) is 43.5. The fraction of sp³-hybridized carbons (Fsp3) is 0.661. The Bertz CT molecular complexity index is 2280. The standard InChI is InChI=1S/C62H93NO16Si/c1-16-30-70-50-36-51(66)77-49(17-2)45(37-73-60-59(69-15)58(68-14)56(42(7)75-60)79-80(62(9,10)11,46-24-20-18-21-25-46)47-26-22-19-23-27-47)33-38(3)28-29-48(65)39(4)34-44(35-52-71-31-32-72-52)55(40(50)5)78-61-57(76-43(8)64)53(63(12)13)54(67)41(6)74-61/h16,18-29,33,39-42,44-45,49-50,52-61,67H,1,17,30-32,34-37H2,2-15H3/b29-28+,38-33+/t39-,40+,41-,42-,44-,45-,49-,50-,53+,54-,55-,56-,57-,58-,59-,60-,61+/m1/s1. The van der Waals surface area contributed by atoms with Gasteiger partial charge < -0.3 is 66.5 Å². The van der Waals surface area contributed by atoms with Crippen molar-refractivity contribution < 1.29 is 76.0 Å². The number of rotatable bonds is 19. The van der Waals surface area contributed by atoms with E-state index in [4.69, 9.17) is 56.5 Å². The number of aliphatic hydroxyl groups is 1. The highest BCUT2D eigenvalue weighted by atomic mass is 28.4. The highest BCUT2D eigenvalue weighted by Gasteiger charge is 2.57. The fourth-order valence-corrected chi connectivity index (χ4v) is 16.9. The predicted octanol–water partition coefficient (Wildman–Crippen LogP) is 7.10. The zero-order valence-corrected chi connectivity index (χ0v) is 50.9. The highest BCUT2D eigenvalue weighted by molar-refractivity contribution is 6.99. The van der Waals surface area contributed by atoms with Crippen LogP contribution in [0.5, 0.6) is 0 Å². The molecule has 17 nitrogen and oxygen atoms in total. The van der Waals surface area contributed by atoms with E-state index in [1.54, 1.807) is 58.4 Å². The molecule has 0 aromatic heterocycles. The summed E-state index contributed by atoms with van der Waals surface area (Å²) >= 11 is 0. The van der Waals surface area contributed by atoms with Gasteiger partial charge >= 0.3 is 11.9 Å². The van der Waals surface area contributed by atoms with E-state index in [9.17, 15) is 19.5 Å². The number of aliphatic hydroxyl groups excluding tert-OH is 1. The van der Waals surface area contributed by atoms with E-state index in [-0.39, 0.29) is 30.5 Å². The predicted molar refractivity (Wildman–Crippen MR) is 305 cm³/mol. The van der Waals surface area contributed by atoms with Gasteiger partial charge in [-0.3, -0.25) is 14.4 Å². The molecule has 2 aromatic rings. The van der Waals surface area contributed by atoms with E-state index in [1.165, 1.54) is 6.92 Å². The van der Waals surface area contributed by atoms with E-state index >= 15 is 0 Å². The van der Waals surface area contributed by atoms with Crippen molar-refractivity contribution in [3.63, 3.8) is 0 Å². The number of ether oxygens (including phenoxy) is 11. The van der Waals surface area contributed by atoms with E-state index in [0.29, 0.717) is 32.5 Å². The van der Waals surface area contributed by atoms with Crippen LogP contribution in [0.4, 0.5) is 0 Å². The van der Waals surface area contributed by atoms with E-state index < -0.39 is 130 Å². The first-order valence-electron chi connectivity index (χ1n) is 28.6. The molecule has 3 saturated heterocycles. The minimum Gasteiger partial charge on any atom is -0.462 e. The number of allylic oxidation sites excluding steroid dienone is 3. The molecule has 446 valence electrons. The van der Waals surface area contributed by atoms with Gasteiger partial charge in [0.25, 0.3) is 8.32 Å². The topological polar surface area (TPSA) is 185 Å². The van der Waals surface area contributed by atoms with Gasteiger partial charge in [0.2, 0.25) is 0 Å². The molecule has 0 bridgehead atoms. The lowest BCUT2D eigenvalue weighted by Crippen LogP contribution is -2.71. The summed E-state index contributed by atoms with van der Waals surface area (Å²) in [6.07, 6.45) is -2.56. The normalized spacial score (nSPS) is 34.8. The smallest absolute Gasteiger partial charge is 0.308 e. The summed E-state index contributed by atoms with van der Waals surface area (Å²) in [5.74, 6) is -3.34. The summed E-state index contributed by atoms with van der Waals surface area (Å²) in [6, 6.07) is 20.1. The Morgan fingerprint density at radius 3 is 2.00 bits per heavy atom. The Morgan fingerprint density at radius 1 is 0.838 bits per heavy atom. The van der Waals surface area contributed by atoms with Crippen LogP contribution in [-0.2, 0) is 70.9 Å². The maximum absolute atomic E-state index is 14.7. The van der Waals surface area contributed by atoms with Gasteiger partial charge in [0, 0.05) is 45.3 Å². The molecule has 0 radical (unpaired) electrons. The van der Waals surface area contributed by atoms with Crippen LogP contribution in [0.15, 0.2) is 97.1 Å². The van der Waals surface area contributed by atoms with Crippen LogP contribution in [0, 0.1) is 23.7 Å². The van der Waals surface area contributed by atoms with Gasteiger partial charge in [-0.15, -0.1) is 6.58 Å². The molecule has 80 heavy (non-hydrogen) atoms. The first-order valence-corrected chi connectivity index (χ1v) is 30.5. The average Bonchev–Trinajstić information content (AvgIpc) is 4.06. The molecule has 2 aromatic carbocycles. The molecule has 0 saturated carbocycles. The molecular weight excluding hydrogens is 1040 g/mol. The van der Waals surface area contributed by atoms with Crippen molar-refractivity contribution in [1.29, 1.82) is 0 Å². The third-order valence-electron chi connectivity index (χ3n) is 16.3. The van der Waals surface area contributed by atoms with Crippen LogP contribution in [0.25, 0.3) is 0 Å². The van der Waals surface area contributed by atoms with Crippen LogP contribution < -0.4 is 10.4 Å². The van der Waals surface area contributed by atoms with E-state index in [2.05, 4.69) is 75.9 Å². The third-order valence-corrected chi connectivity index (χ3v) is 21.3. The number of carbonyl (C=O) groups is 3. The second-order valence-electron chi connectivity index (χ2n) is 23.3. The van der Waals surface area contributed by atoms with Gasteiger partial charge in [0.15, 0.2) is 30.8 Å². The van der Waals surface area contributed by atoms with Crippen LogP contribution in [0.2, 0.25) is 5.04 Å². The van der Waals surface area contributed by atoms with Gasteiger partial charge in [-0.05, 0) is 75.1 Å². The summed E-state index contributed by atoms with van der Waals surface area (Å²) < 4.78 is 78.2. The molecule has 0 unspecified atom stereocenters. The number of likely N-dealkylation sites (N-methyl/N-ethyl adjacent to an activating group) is 1. The van der Waals surface area contributed by atoms with Gasteiger partial charge in [-0.2, -0.15) is 0 Å². The van der Waals surface area contributed by atoms with Crippen LogP contribution >= 0.6 is 0 Å². The molecule has 4 aliphatic rings. The number of methoxy groups -OCH3 is 2. The van der Waals surface area contributed by atoms with Crippen molar-refractivity contribution in [2.45, 2.75) is 186 Å². The lowest BCUT2D eigenvalue weighted by atomic mass is 9.79. The third kappa shape index (κ3) is 16.0. The summed E-state index contributed by atoms with van der Waals surface area (Å²) in [7, 11) is 3.74. The lowest BCUT2D eigenvalue weighted by Gasteiger charge is -2.51. The Labute approximate surface area is 477 Å². The molecule has 6 rings (SSSR count). The number of ketones is 1. The lowest BCUT2D eigenvalue weighted by molar-refractivity contribution is -0.308. The molecular formula is C62H93NO16Si.